The summed E-state index contributed by atoms with van der Waals surface area (Å²) < 4.78 is 8.63. The molecule has 2 saturated carbocycles. The van der Waals surface area contributed by atoms with Gasteiger partial charge in [0.05, 0.1) is 24.0 Å². The molecule has 7 aliphatic rings. The Kier molecular flexibility index (Phi) is 12.7. The maximum atomic E-state index is 15.2. The number of pyridine rings is 1. The van der Waals surface area contributed by atoms with E-state index in [1.54, 1.807) is 5.01 Å². The molecule has 3 N–H and O–H groups in total. The summed E-state index contributed by atoms with van der Waals surface area (Å²) in [7, 11) is 0. The number of cyclic esters (lactones) is 1. The van der Waals surface area contributed by atoms with Gasteiger partial charge >= 0.3 is 5.97 Å². The minimum absolute atomic E-state index is 0.0184. The number of hydrogen-bond acceptors (Lipinski definition) is 9. The highest BCUT2D eigenvalue weighted by Crippen LogP contribution is 2.46. The Morgan fingerprint density at radius 1 is 0.914 bits per heavy atom. The number of aromatic nitrogens is 2. The van der Waals surface area contributed by atoms with Gasteiger partial charge in [-0.2, -0.15) is 0 Å². The van der Waals surface area contributed by atoms with E-state index >= 15 is 9.59 Å². The maximum Gasteiger partial charge on any atom is 0.324 e. The van der Waals surface area contributed by atoms with Crippen LogP contribution in [0.5, 0.6) is 0 Å². The van der Waals surface area contributed by atoms with Crippen LogP contribution < -0.4 is 16.1 Å². The molecule has 4 aromatic rings. The van der Waals surface area contributed by atoms with Gasteiger partial charge in [-0.05, 0) is 136 Å². The lowest BCUT2D eigenvalue weighted by Crippen LogP contribution is -2.62. The number of nitrogens with zero attached hydrogens (tertiary/aromatic N) is 5. The molecule has 2 aromatic heterocycles. The fraction of sp³-hybridized carbons (Fsp3) is 0.596. The zero-order valence-electron chi connectivity index (χ0n) is 42.1. The van der Waals surface area contributed by atoms with Crippen molar-refractivity contribution in [2.24, 2.45) is 22.7 Å². The molecule has 2 aromatic carbocycles. The van der Waals surface area contributed by atoms with Gasteiger partial charge in [-0.15, -0.1) is 0 Å². The summed E-state index contributed by atoms with van der Waals surface area (Å²) in [6.07, 6.45) is 12.5. The van der Waals surface area contributed by atoms with Crippen LogP contribution in [0.25, 0.3) is 33.3 Å². The van der Waals surface area contributed by atoms with Gasteiger partial charge in [-0.3, -0.25) is 39.4 Å². The van der Waals surface area contributed by atoms with E-state index in [1.165, 1.54) is 18.4 Å². The smallest absolute Gasteiger partial charge is 0.324 e. The first-order valence-corrected chi connectivity index (χ1v) is 26.8. The Hall–Kier alpha value is -5.11. The summed E-state index contributed by atoms with van der Waals surface area (Å²) in [5.74, 6) is 0.610. The molecule has 7 heterocycles. The number of hydrazine groups is 1. The van der Waals surface area contributed by atoms with E-state index < -0.39 is 17.5 Å². The van der Waals surface area contributed by atoms with Gasteiger partial charge in [-0.1, -0.05) is 70.9 Å². The highest BCUT2D eigenvalue weighted by molar-refractivity contribution is 5.96. The molecule has 13 heteroatoms. The third-order valence-electron chi connectivity index (χ3n) is 17.2. The molecule has 6 atom stereocenters. The highest BCUT2D eigenvalue weighted by Gasteiger charge is 2.55. The first-order chi connectivity index (χ1) is 33.8. The average molecular weight is 951 g/mol. The summed E-state index contributed by atoms with van der Waals surface area (Å²) in [6, 6.07) is 17.8. The van der Waals surface area contributed by atoms with Crippen molar-refractivity contribution >= 4 is 34.6 Å². The Morgan fingerprint density at radius 2 is 1.71 bits per heavy atom. The molecule has 5 aliphatic heterocycles. The standard InChI is InChI=1S/C57H74N8O5/c1-6-64-46-21-20-40-30-42(46)43(51(64)41-16-10-24-58-47(41)35(2)3)31-56(4,5)34-70-55(69)44-17-11-25-65(61-44)53(67)45(29-36-12-9-15-39(40)28-36)59-52(66)50(38-13-7-8-14-38)62-26-22-57(32-62)23-27-63(33-57)54(68)49-48(60-49)37-18-19-37/h9-10,12,15-16,20-21,24,28,30,35,37-38,44-45,48-50,60-61H,6-8,11,13-14,17-19,22-23,25-27,29,31-34H2,1-5H3,(H,59,66)/t44-,45-,48+,49+,50-,57-/m0/s1. The lowest BCUT2D eigenvalue weighted by molar-refractivity contribution is -0.155. The van der Waals surface area contributed by atoms with Crippen molar-refractivity contribution in [3.8, 4) is 22.4 Å². The van der Waals surface area contributed by atoms with Crippen molar-refractivity contribution in [3.63, 3.8) is 0 Å². The number of ether oxygens (including phenoxy) is 1. The zero-order chi connectivity index (χ0) is 48.5. The third-order valence-corrected chi connectivity index (χ3v) is 17.2. The predicted molar refractivity (Wildman–Crippen MR) is 271 cm³/mol. The van der Waals surface area contributed by atoms with E-state index in [4.69, 9.17) is 9.72 Å². The molecule has 1 spiro atoms. The first kappa shape index (κ1) is 47.2. The summed E-state index contributed by atoms with van der Waals surface area (Å²) in [4.78, 5) is 67.2. The van der Waals surface area contributed by atoms with Crippen LogP contribution in [-0.2, 0) is 43.3 Å². The van der Waals surface area contributed by atoms with E-state index in [9.17, 15) is 9.59 Å². The Balaban J connectivity index is 0.919. The number of carbonyl (C=O) groups is 4. The van der Waals surface area contributed by atoms with Crippen LogP contribution in [0.1, 0.15) is 122 Å². The second-order valence-electron chi connectivity index (χ2n) is 23.3. The van der Waals surface area contributed by atoms with Gasteiger partial charge in [0, 0.05) is 78.7 Å². The van der Waals surface area contributed by atoms with Crippen molar-refractivity contribution in [2.45, 2.75) is 154 Å². The molecular formula is C57H74N8O5. The summed E-state index contributed by atoms with van der Waals surface area (Å²) in [5.41, 5.74) is 11.6. The molecule has 0 radical (unpaired) electrons. The number of rotatable bonds is 9. The minimum atomic E-state index is -0.877. The van der Waals surface area contributed by atoms with E-state index in [1.807, 2.05) is 12.3 Å². The van der Waals surface area contributed by atoms with E-state index in [-0.39, 0.29) is 66.1 Å². The van der Waals surface area contributed by atoms with Crippen LogP contribution in [0.3, 0.4) is 0 Å². The number of carbonyl (C=O) groups excluding carboxylic acids is 4. The van der Waals surface area contributed by atoms with Crippen molar-refractivity contribution < 1.29 is 23.9 Å². The number of fused-ring (bicyclic) bond motifs is 6. The Morgan fingerprint density at radius 3 is 2.50 bits per heavy atom. The van der Waals surface area contributed by atoms with Crippen LogP contribution in [0.2, 0.25) is 0 Å². The number of hydrogen-bond donors (Lipinski definition) is 3. The molecule has 0 unspecified atom stereocenters. The third kappa shape index (κ3) is 9.19. The molecule has 13 nitrogen and oxygen atoms in total. The second-order valence-corrected chi connectivity index (χ2v) is 23.3. The van der Waals surface area contributed by atoms with Gasteiger partial charge in [0.15, 0.2) is 0 Å². The number of amides is 3. The molecule has 3 amide bonds. The average Bonchev–Trinajstić information content (AvgIpc) is 4.17. The first-order valence-electron chi connectivity index (χ1n) is 26.8. The zero-order valence-corrected chi connectivity index (χ0v) is 42.1. The number of nitrogens with one attached hydrogen (secondary N) is 3. The lowest BCUT2D eigenvalue weighted by Gasteiger charge is -2.37. The fourth-order valence-corrected chi connectivity index (χ4v) is 13.3. The van der Waals surface area contributed by atoms with Crippen LogP contribution in [0.15, 0.2) is 60.8 Å². The van der Waals surface area contributed by atoms with Crippen molar-refractivity contribution in [1.29, 1.82) is 0 Å². The number of aryl methyl sites for hydroxylation is 1. The summed E-state index contributed by atoms with van der Waals surface area (Å²) in [6.45, 7) is 15.4. The second kappa shape index (κ2) is 18.8. The Labute approximate surface area is 413 Å². The van der Waals surface area contributed by atoms with E-state index in [2.05, 4.69) is 114 Å². The van der Waals surface area contributed by atoms with Gasteiger partial charge in [-0.25, -0.2) is 5.43 Å². The predicted octanol–water partition coefficient (Wildman–Crippen LogP) is 7.40. The molecular weight excluding hydrogens is 877 g/mol. The number of esters is 1. The Bertz CT molecular complexity index is 2670. The van der Waals surface area contributed by atoms with Crippen molar-refractivity contribution in [2.75, 3.05) is 39.3 Å². The van der Waals surface area contributed by atoms with Crippen molar-refractivity contribution in [1.82, 2.24) is 40.4 Å². The van der Waals surface area contributed by atoms with Crippen LogP contribution in [0.4, 0.5) is 0 Å². The quantitative estimate of drug-likeness (QED) is 0.115. The molecule has 6 bridgehead atoms. The monoisotopic (exact) mass is 951 g/mol. The summed E-state index contributed by atoms with van der Waals surface area (Å²) in [5, 5.41) is 9.58. The molecule has 11 rings (SSSR count). The molecule has 70 heavy (non-hydrogen) atoms. The highest BCUT2D eigenvalue weighted by atomic mass is 16.5. The molecule has 4 saturated heterocycles. The molecule has 372 valence electrons. The maximum absolute atomic E-state index is 15.2. The lowest BCUT2D eigenvalue weighted by atomic mass is 9.83. The van der Waals surface area contributed by atoms with Gasteiger partial charge in [0.25, 0.3) is 5.91 Å². The van der Waals surface area contributed by atoms with E-state index in [0.29, 0.717) is 37.8 Å². The number of likely N-dealkylation sites (tertiary alicyclic amines) is 2. The van der Waals surface area contributed by atoms with Gasteiger partial charge in [0.1, 0.15) is 18.1 Å². The van der Waals surface area contributed by atoms with E-state index in [0.717, 1.165) is 116 Å². The fourth-order valence-electron chi connectivity index (χ4n) is 13.3. The topological polar surface area (TPSA) is 151 Å². The minimum Gasteiger partial charge on any atom is -0.464 e. The van der Waals surface area contributed by atoms with Gasteiger partial charge < -0.3 is 19.5 Å². The molecule has 2 aliphatic carbocycles. The van der Waals surface area contributed by atoms with Crippen LogP contribution >= 0.6 is 0 Å². The SMILES string of the molecule is CCn1c(-c2cccnc2C(C)C)c2c3cc(ccc31)-c1cccc(c1)C[C@H](NC(=O)[C@H](C1CCCC1)N1CC[C@]3(CCN(C(=O)[C@@H]4N[C@@H]4C4CC4)C3)C1)C(=O)N1CCC[C@H](N1)C(=O)OCC(C)(C)C2. The largest absolute Gasteiger partial charge is 0.464 e. The summed E-state index contributed by atoms with van der Waals surface area (Å²) >= 11 is 0. The van der Waals surface area contributed by atoms with Crippen molar-refractivity contribution in [3.05, 3.63) is 77.6 Å². The van der Waals surface area contributed by atoms with Crippen LogP contribution in [0, 0.1) is 22.7 Å². The van der Waals surface area contributed by atoms with Crippen LogP contribution in [-0.4, -0.2) is 118 Å². The van der Waals surface area contributed by atoms with Gasteiger partial charge in [0.2, 0.25) is 11.8 Å². The molecule has 6 fully saturated rings. The number of benzene rings is 2. The normalized spacial score (nSPS) is 27.9.